The molecule has 1 amide bonds. The van der Waals surface area contributed by atoms with Crippen molar-refractivity contribution >= 4 is 23.3 Å². The Kier molecular flexibility index (Phi) is 6.31. The molecule has 0 N–H and O–H groups in total. The summed E-state index contributed by atoms with van der Waals surface area (Å²) in [5, 5.41) is 15.7. The van der Waals surface area contributed by atoms with Gasteiger partial charge in [-0.2, -0.15) is 4.68 Å². The standard InChI is InChI=1S/C19H24ClN5O3/c1-3-17(24-14(2)12-18(21-24)25(27)28)19(26)23-10-8-22(9-11-23)13-15-4-6-16(20)7-5-15/h4-7,12,17H,3,8-11,13H2,1-2H3. The number of hydrogen-bond donors (Lipinski definition) is 0. The molecule has 1 aliphatic heterocycles. The molecule has 1 atom stereocenters. The summed E-state index contributed by atoms with van der Waals surface area (Å²) in [6.07, 6.45) is 0.531. The number of amides is 1. The molecule has 28 heavy (non-hydrogen) atoms. The minimum atomic E-state index is -0.532. The highest BCUT2D eigenvalue weighted by molar-refractivity contribution is 6.30. The number of aromatic nitrogens is 2. The van der Waals surface area contributed by atoms with Gasteiger partial charge in [0.25, 0.3) is 0 Å². The van der Waals surface area contributed by atoms with Crippen LogP contribution in [0.15, 0.2) is 30.3 Å². The maximum atomic E-state index is 13.0. The van der Waals surface area contributed by atoms with E-state index in [0.717, 1.165) is 24.7 Å². The number of benzene rings is 1. The maximum Gasteiger partial charge on any atom is 0.390 e. The minimum absolute atomic E-state index is 0.0326. The summed E-state index contributed by atoms with van der Waals surface area (Å²) in [5.74, 6) is -0.258. The first kappa shape index (κ1) is 20.3. The summed E-state index contributed by atoms with van der Waals surface area (Å²) < 4.78 is 1.49. The molecule has 2 aromatic rings. The molecule has 1 saturated heterocycles. The Labute approximate surface area is 168 Å². The van der Waals surface area contributed by atoms with Gasteiger partial charge >= 0.3 is 5.82 Å². The van der Waals surface area contributed by atoms with E-state index in [1.807, 2.05) is 36.1 Å². The second kappa shape index (κ2) is 8.70. The second-order valence-electron chi connectivity index (χ2n) is 7.00. The fourth-order valence-corrected chi connectivity index (χ4v) is 3.64. The van der Waals surface area contributed by atoms with E-state index in [1.54, 1.807) is 6.92 Å². The SMILES string of the molecule is CCC(C(=O)N1CCN(Cc2ccc(Cl)cc2)CC1)n1nc([N+](=O)[O-])cc1C. The number of nitro groups is 1. The molecule has 9 heteroatoms. The molecule has 1 fully saturated rings. The van der Waals surface area contributed by atoms with Crippen molar-refractivity contribution in [3.63, 3.8) is 0 Å². The summed E-state index contributed by atoms with van der Waals surface area (Å²) in [7, 11) is 0. The van der Waals surface area contributed by atoms with Crippen molar-refractivity contribution in [2.24, 2.45) is 0 Å². The van der Waals surface area contributed by atoms with Gasteiger partial charge in [0.05, 0.1) is 16.9 Å². The Hall–Kier alpha value is -2.45. The summed E-state index contributed by atoms with van der Waals surface area (Å²) in [6.45, 7) is 7.27. The van der Waals surface area contributed by atoms with Gasteiger partial charge in [0.1, 0.15) is 0 Å². The van der Waals surface area contributed by atoms with Crippen molar-refractivity contribution < 1.29 is 9.72 Å². The van der Waals surface area contributed by atoms with Gasteiger partial charge in [0.15, 0.2) is 6.04 Å². The molecule has 0 bridgehead atoms. The van der Waals surface area contributed by atoms with Crippen LogP contribution in [0.25, 0.3) is 0 Å². The summed E-state index contributed by atoms with van der Waals surface area (Å²) in [6, 6.07) is 8.68. The van der Waals surface area contributed by atoms with Gasteiger partial charge in [-0.1, -0.05) is 30.7 Å². The average Bonchev–Trinajstić information content (AvgIpc) is 3.07. The Morgan fingerprint density at radius 2 is 1.89 bits per heavy atom. The molecule has 0 spiro atoms. The number of rotatable bonds is 6. The molecule has 8 nitrogen and oxygen atoms in total. The van der Waals surface area contributed by atoms with Crippen LogP contribution in [0, 0.1) is 17.0 Å². The summed E-state index contributed by atoms with van der Waals surface area (Å²) in [5.41, 5.74) is 1.81. The molecule has 1 aliphatic rings. The monoisotopic (exact) mass is 405 g/mol. The quantitative estimate of drug-likeness (QED) is 0.544. The molecular weight excluding hydrogens is 382 g/mol. The number of nitrogens with zero attached hydrogens (tertiary/aromatic N) is 5. The molecule has 1 aromatic carbocycles. The Morgan fingerprint density at radius 3 is 2.43 bits per heavy atom. The third-order valence-corrected chi connectivity index (χ3v) is 5.32. The molecule has 0 radical (unpaired) electrons. The molecular formula is C19H24ClN5O3. The predicted octanol–water partition coefficient (Wildman–Crippen LogP) is 3.05. The first-order valence-electron chi connectivity index (χ1n) is 9.35. The fourth-order valence-electron chi connectivity index (χ4n) is 3.51. The average molecular weight is 406 g/mol. The summed E-state index contributed by atoms with van der Waals surface area (Å²) in [4.78, 5) is 27.6. The van der Waals surface area contributed by atoms with E-state index in [0.29, 0.717) is 25.2 Å². The van der Waals surface area contributed by atoms with E-state index in [-0.39, 0.29) is 11.7 Å². The lowest BCUT2D eigenvalue weighted by molar-refractivity contribution is -0.389. The van der Waals surface area contributed by atoms with Gasteiger partial charge in [0.2, 0.25) is 5.91 Å². The summed E-state index contributed by atoms with van der Waals surface area (Å²) >= 11 is 5.93. The van der Waals surface area contributed by atoms with Crippen molar-refractivity contribution in [3.8, 4) is 0 Å². The molecule has 0 saturated carbocycles. The Morgan fingerprint density at radius 1 is 1.25 bits per heavy atom. The van der Waals surface area contributed by atoms with Crippen LogP contribution >= 0.6 is 11.6 Å². The van der Waals surface area contributed by atoms with E-state index in [2.05, 4.69) is 10.00 Å². The third kappa shape index (κ3) is 4.51. The van der Waals surface area contributed by atoms with Crippen LogP contribution in [-0.4, -0.2) is 56.6 Å². The van der Waals surface area contributed by atoms with Crippen LogP contribution < -0.4 is 0 Å². The number of halogens is 1. The Balaban J connectivity index is 1.61. The highest BCUT2D eigenvalue weighted by atomic mass is 35.5. The zero-order valence-electron chi connectivity index (χ0n) is 16.0. The number of aryl methyl sites for hydroxylation is 1. The molecule has 150 valence electrons. The lowest BCUT2D eigenvalue weighted by Gasteiger charge is -2.36. The molecule has 0 aliphatic carbocycles. The van der Waals surface area contributed by atoms with Gasteiger partial charge in [-0.05, 0) is 36.0 Å². The lowest BCUT2D eigenvalue weighted by Crippen LogP contribution is -2.50. The van der Waals surface area contributed by atoms with Crippen LogP contribution in [0.1, 0.15) is 30.6 Å². The largest absolute Gasteiger partial charge is 0.390 e. The van der Waals surface area contributed by atoms with E-state index >= 15 is 0 Å². The van der Waals surface area contributed by atoms with Gasteiger partial charge in [-0.25, -0.2) is 0 Å². The van der Waals surface area contributed by atoms with E-state index in [9.17, 15) is 14.9 Å². The topological polar surface area (TPSA) is 84.5 Å². The van der Waals surface area contributed by atoms with Crippen molar-refractivity contribution in [2.45, 2.75) is 32.9 Å². The zero-order chi connectivity index (χ0) is 20.3. The highest BCUT2D eigenvalue weighted by Gasteiger charge is 2.32. The fraction of sp³-hybridized carbons (Fsp3) is 0.474. The van der Waals surface area contributed by atoms with Gasteiger partial charge in [-0.3, -0.25) is 9.69 Å². The van der Waals surface area contributed by atoms with Crippen LogP contribution in [0.2, 0.25) is 5.02 Å². The first-order valence-corrected chi connectivity index (χ1v) is 9.73. The molecule has 2 heterocycles. The highest BCUT2D eigenvalue weighted by Crippen LogP contribution is 2.22. The lowest BCUT2D eigenvalue weighted by atomic mass is 10.1. The van der Waals surface area contributed by atoms with Crippen molar-refractivity contribution in [1.29, 1.82) is 0 Å². The number of carbonyl (C=O) groups excluding carboxylic acids is 1. The van der Waals surface area contributed by atoms with Crippen LogP contribution in [0.5, 0.6) is 0 Å². The van der Waals surface area contributed by atoms with E-state index in [4.69, 9.17) is 11.6 Å². The van der Waals surface area contributed by atoms with Gasteiger partial charge in [0, 0.05) is 37.7 Å². The van der Waals surface area contributed by atoms with E-state index < -0.39 is 11.0 Å². The molecule has 3 rings (SSSR count). The van der Waals surface area contributed by atoms with Crippen LogP contribution in [0.4, 0.5) is 5.82 Å². The zero-order valence-corrected chi connectivity index (χ0v) is 16.8. The minimum Gasteiger partial charge on any atom is -0.358 e. The van der Waals surface area contributed by atoms with Gasteiger partial charge < -0.3 is 15.0 Å². The second-order valence-corrected chi connectivity index (χ2v) is 7.43. The van der Waals surface area contributed by atoms with Gasteiger partial charge in [-0.15, -0.1) is 0 Å². The van der Waals surface area contributed by atoms with E-state index in [1.165, 1.54) is 16.3 Å². The van der Waals surface area contributed by atoms with Crippen molar-refractivity contribution in [2.75, 3.05) is 26.2 Å². The van der Waals surface area contributed by atoms with Crippen LogP contribution in [-0.2, 0) is 11.3 Å². The number of hydrogen-bond acceptors (Lipinski definition) is 5. The maximum absolute atomic E-state index is 13.0. The number of piperazine rings is 1. The van der Waals surface area contributed by atoms with Crippen LogP contribution in [0.3, 0.4) is 0 Å². The third-order valence-electron chi connectivity index (χ3n) is 5.07. The molecule has 1 unspecified atom stereocenters. The number of carbonyl (C=O) groups is 1. The molecule has 1 aromatic heterocycles. The Bertz CT molecular complexity index is 844. The normalized spacial score (nSPS) is 16.2. The predicted molar refractivity (Wildman–Crippen MR) is 106 cm³/mol. The smallest absolute Gasteiger partial charge is 0.358 e. The first-order chi connectivity index (χ1) is 13.4. The van der Waals surface area contributed by atoms with Crippen molar-refractivity contribution in [1.82, 2.24) is 19.6 Å². The van der Waals surface area contributed by atoms with Crippen molar-refractivity contribution in [3.05, 3.63) is 56.7 Å².